The summed E-state index contributed by atoms with van der Waals surface area (Å²) in [5.41, 5.74) is 0. The number of rotatable bonds is 34. The Bertz CT molecular complexity index is 696. The molecule has 0 bridgehead atoms. The predicted molar refractivity (Wildman–Crippen MR) is 194 cm³/mol. The normalized spacial score (nSPS) is 11.6. The van der Waals surface area contributed by atoms with Crippen LogP contribution in [0.1, 0.15) is 219 Å². The summed E-state index contributed by atoms with van der Waals surface area (Å²) in [4.78, 5) is 0. The van der Waals surface area contributed by atoms with Crippen molar-refractivity contribution >= 4 is 43.3 Å². The smallest absolute Gasteiger partial charge is 0.748 e. The van der Waals surface area contributed by atoms with Crippen molar-refractivity contribution in [1.29, 1.82) is 0 Å². The van der Waals surface area contributed by atoms with E-state index in [0.717, 1.165) is 25.7 Å². The molecule has 6 nitrogen and oxygen atoms in total. The second-order valence-electron chi connectivity index (χ2n) is 13.1. The third-order valence-electron chi connectivity index (χ3n) is 8.50. The Morgan fingerprint density at radius 3 is 0.556 bits per heavy atom. The van der Waals surface area contributed by atoms with E-state index in [1.165, 1.54) is 167 Å². The summed E-state index contributed by atoms with van der Waals surface area (Å²) in [7, 11) is -7.99. The van der Waals surface area contributed by atoms with Crippen molar-refractivity contribution in [2.75, 3.05) is 11.5 Å². The van der Waals surface area contributed by atoms with Crippen molar-refractivity contribution in [2.24, 2.45) is 0 Å². The van der Waals surface area contributed by atoms with Gasteiger partial charge in [0.1, 0.15) is 0 Å². The molecule has 0 aromatic heterocycles. The minimum atomic E-state index is -3.99. The van der Waals surface area contributed by atoms with E-state index in [0.29, 0.717) is 12.8 Å². The summed E-state index contributed by atoms with van der Waals surface area (Å²) in [6.07, 6.45) is 40.1. The van der Waals surface area contributed by atoms with Crippen LogP contribution in [0.15, 0.2) is 0 Å². The van der Waals surface area contributed by atoms with Gasteiger partial charge in [-0.05, 0) is 12.8 Å². The molecular formula is C36H74MgO6S2. The van der Waals surface area contributed by atoms with Gasteiger partial charge in [-0.15, -0.1) is 0 Å². The second-order valence-corrected chi connectivity index (χ2v) is 16.2. The zero-order valence-corrected chi connectivity index (χ0v) is 33.1. The van der Waals surface area contributed by atoms with Crippen molar-refractivity contribution < 1.29 is 25.9 Å². The zero-order chi connectivity index (χ0) is 33.0. The Kier molecular flexibility index (Phi) is 43.3. The van der Waals surface area contributed by atoms with Gasteiger partial charge in [0.25, 0.3) is 0 Å². The summed E-state index contributed by atoms with van der Waals surface area (Å²) >= 11 is 0. The Morgan fingerprint density at radius 2 is 0.422 bits per heavy atom. The molecule has 0 aromatic carbocycles. The second kappa shape index (κ2) is 39.0. The summed E-state index contributed by atoms with van der Waals surface area (Å²) in [5, 5.41) is 0. The standard InChI is InChI=1S/2C18H38O3S.Mg/c2*1-2-3-4-5-6-7-8-9-10-11-12-13-14-15-16-17-18-22(19,20)21;/h2*2-18H2,1H3,(H,19,20,21);/q;;+2/p-2. The van der Waals surface area contributed by atoms with Gasteiger partial charge in [0.05, 0.1) is 20.2 Å². The molecule has 45 heavy (non-hydrogen) atoms. The first kappa shape index (κ1) is 50.0. The van der Waals surface area contributed by atoms with Crippen LogP contribution in [0.3, 0.4) is 0 Å². The van der Waals surface area contributed by atoms with Gasteiger partial charge in [-0.2, -0.15) is 0 Å². The van der Waals surface area contributed by atoms with Gasteiger partial charge < -0.3 is 9.11 Å². The van der Waals surface area contributed by atoms with E-state index in [1.54, 1.807) is 0 Å². The first-order valence-corrected chi connectivity index (χ1v) is 22.1. The van der Waals surface area contributed by atoms with Gasteiger partial charge in [0.15, 0.2) is 0 Å². The van der Waals surface area contributed by atoms with Crippen LogP contribution in [-0.4, -0.2) is 60.5 Å². The number of unbranched alkanes of at least 4 members (excludes halogenated alkanes) is 30. The van der Waals surface area contributed by atoms with Crippen LogP contribution in [0.25, 0.3) is 0 Å². The molecule has 0 radical (unpaired) electrons. The van der Waals surface area contributed by atoms with Crippen molar-refractivity contribution in [1.82, 2.24) is 0 Å². The van der Waals surface area contributed by atoms with Crippen molar-refractivity contribution in [2.45, 2.75) is 219 Å². The van der Waals surface area contributed by atoms with E-state index < -0.39 is 20.2 Å². The Morgan fingerprint density at radius 1 is 0.289 bits per heavy atom. The minimum Gasteiger partial charge on any atom is -0.748 e. The van der Waals surface area contributed by atoms with E-state index in [4.69, 9.17) is 0 Å². The van der Waals surface area contributed by atoms with Crippen LogP contribution in [-0.2, 0) is 20.2 Å². The first-order valence-electron chi connectivity index (χ1n) is 19.0. The quantitative estimate of drug-likeness (QED) is 0.0377. The topological polar surface area (TPSA) is 114 Å². The largest absolute Gasteiger partial charge is 2.00 e. The summed E-state index contributed by atoms with van der Waals surface area (Å²) in [5.74, 6) is -0.378. The average Bonchev–Trinajstić information content (AvgIpc) is 2.96. The van der Waals surface area contributed by atoms with Crippen LogP contribution in [0.5, 0.6) is 0 Å². The fourth-order valence-corrected chi connectivity index (χ4v) is 6.77. The maximum absolute atomic E-state index is 10.4. The molecule has 0 aliphatic heterocycles. The van der Waals surface area contributed by atoms with Crippen LogP contribution < -0.4 is 0 Å². The van der Waals surface area contributed by atoms with E-state index in [-0.39, 0.29) is 34.6 Å². The van der Waals surface area contributed by atoms with Gasteiger partial charge in [-0.3, -0.25) is 0 Å². The fourth-order valence-electron chi connectivity index (χ4n) is 5.65. The molecule has 0 aliphatic rings. The monoisotopic (exact) mass is 690 g/mol. The minimum absolute atomic E-state index is 0. The molecule has 268 valence electrons. The van der Waals surface area contributed by atoms with Crippen LogP contribution in [0.4, 0.5) is 0 Å². The molecule has 0 aromatic rings. The Hall–Kier alpha value is 0.586. The molecule has 0 atom stereocenters. The molecule has 9 heteroatoms. The average molecular weight is 691 g/mol. The van der Waals surface area contributed by atoms with Gasteiger partial charge in [0.2, 0.25) is 0 Å². The third-order valence-corrected chi connectivity index (χ3v) is 10.1. The molecule has 0 spiro atoms. The summed E-state index contributed by atoms with van der Waals surface area (Å²) in [6, 6.07) is 0. The molecule has 0 rings (SSSR count). The summed E-state index contributed by atoms with van der Waals surface area (Å²) in [6.45, 7) is 4.52. The third kappa shape index (κ3) is 54.3. The van der Waals surface area contributed by atoms with Crippen LogP contribution in [0, 0.1) is 0 Å². The van der Waals surface area contributed by atoms with Crippen LogP contribution in [0.2, 0.25) is 0 Å². The molecule has 0 aliphatic carbocycles. The molecule has 0 amide bonds. The maximum atomic E-state index is 10.4. The Labute approximate surface area is 298 Å². The van der Waals surface area contributed by atoms with Crippen molar-refractivity contribution in [3.8, 4) is 0 Å². The summed E-state index contributed by atoms with van der Waals surface area (Å²) < 4.78 is 62.5. The SMILES string of the molecule is CCCCCCCCCCCCCCCCCCS(=O)(=O)[O-].CCCCCCCCCCCCCCCCCCS(=O)(=O)[O-].[Mg+2]. The van der Waals surface area contributed by atoms with Crippen LogP contribution >= 0.6 is 0 Å². The molecule has 0 saturated carbocycles. The van der Waals surface area contributed by atoms with E-state index >= 15 is 0 Å². The molecule has 0 fully saturated rings. The molecule has 0 saturated heterocycles. The van der Waals surface area contributed by atoms with E-state index in [2.05, 4.69) is 13.8 Å². The van der Waals surface area contributed by atoms with E-state index in [9.17, 15) is 25.9 Å². The molecule has 0 unspecified atom stereocenters. The van der Waals surface area contributed by atoms with Gasteiger partial charge in [-0.25, -0.2) is 16.8 Å². The van der Waals surface area contributed by atoms with Gasteiger partial charge in [-0.1, -0.05) is 206 Å². The number of hydrogen-bond donors (Lipinski definition) is 0. The molecular weight excluding hydrogens is 617 g/mol. The fraction of sp³-hybridized carbons (Fsp3) is 1.00. The van der Waals surface area contributed by atoms with Gasteiger partial charge >= 0.3 is 23.1 Å². The Balaban J connectivity index is -0.000000767. The van der Waals surface area contributed by atoms with E-state index in [1.807, 2.05) is 0 Å². The molecule has 0 N–H and O–H groups in total. The maximum Gasteiger partial charge on any atom is 2.00 e. The first-order chi connectivity index (χ1) is 21.1. The van der Waals surface area contributed by atoms with Crippen molar-refractivity contribution in [3.63, 3.8) is 0 Å². The number of hydrogen-bond acceptors (Lipinski definition) is 6. The zero-order valence-electron chi connectivity index (χ0n) is 30.0. The van der Waals surface area contributed by atoms with Gasteiger partial charge in [0, 0.05) is 11.5 Å². The molecule has 0 heterocycles. The predicted octanol–water partition coefficient (Wildman–Crippen LogP) is 11.2. The van der Waals surface area contributed by atoms with Crippen molar-refractivity contribution in [3.05, 3.63) is 0 Å².